The highest BCUT2D eigenvalue weighted by Crippen LogP contribution is 2.28. The number of nitrogens with one attached hydrogen (secondary N) is 2. The second-order valence-electron chi connectivity index (χ2n) is 5.62. The van der Waals surface area contributed by atoms with Crippen LogP contribution in [0.25, 0.3) is 0 Å². The van der Waals surface area contributed by atoms with Gasteiger partial charge in [-0.25, -0.2) is 4.99 Å². The zero-order valence-electron chi connectivity index (χ0n) is 15.9. The van der Waals surface area contributed by atoms with Crippen molar-refractivity contribution in [3.63, 3.8) is 0 Å². The van der Waals surface area contributed by atoms with Crippen molar-refractivity contribution in [1.29, 1.82) is 0 Å². The first kappa shape index (κ1) is 23.5. The monoisotopic (exact) mass is 505 g/mol. The van der Waals surface area contributed by atoms with E-state index >= 15 is 0 Å². The van der Waals surface area contributed by atoms with Gasteiger partial charge >= 0.3 is 0 Å². The molecule has 0 aliphatic rings. The van der Waals surface area contributed by atoms with E-state index in [9.17, 15) is 0 Å². The Kier molecular flexibility index (Phi) is 11.1. The molecule has 1 aromatic heterocycles. The maximum absolute atomic E-state index is 8.88. The minimum atomic E-state index is -0.0311. The van der Waals surface area contributed by atoms with Gasteiger partial charge in [0, 0.05) is 16.3 Å². The molecule has 150 valence electrons. The van der Waals surface area contributed by atoms with E-state index in [1.165, 1.54) is 9.75 Å². The van der Waals surface area contributed by atoms with E-state index in [2.05, 4.69) is 34.7 Å². The third-order valence-corrected chi connectivity index (χ3v) is 4.57. The van der Waals surface area contributed by atoms with Crippen molar-refractivity contribution in [3.8, 4) is 11.5 Å². The van der Waals surface area contributed by atoms with Crippen molar-refractivity contribution in [3.05, 3.63) is 45.6 Å². The lowest BCUT2D eigenvalue weighted by molar-refractivity contribution is 0.196. The molecular formula is C19H28IN3O3S. The standard InChI is InChI=1S/C19H27N3O3S.HI/c1-4-20-19(22-13-16-7-5-14(2)26-16)21-12-15-6-8-17(25-10-9-23)18(11-15)24-3;/h5-8,11,23H,4,9-10,12-13H2,1-3H3,(H2,20,21,22);1H. The van der Waals surface area contributed by atoms with Gasteiger partial charge in [-0.15, -0.1) is 35.3 Å². The molecule has 0 amide bonds. The number of hydrogen-bond acceptors (Lipinski definition) is 5. The molecular weight excluding hydrogens is 477 g/mol. The van der Waals surface area contributed by atoms with Gasteiger partial charge in [-0.05, 0) is 43.7 Å². The highest BCUT2D eigenvalue weighted by Gasteiger charge is 2.06. The summed E-state index contributed by atoms with van der Waals surface area (Å²) < 4.78 is 10.8. The third kappa shape index (κ3) is 7.94. The molecule has 2 aromatic rings. The van der Waals surface area contributed by atoms with Gasteiger partial charge in [-0.2, -0.15) is 0 Å². The Balaban J connectivity index is 0.00000364. The van der Waals surface area contributed by atoms with Crippen molar-refractivity contribution in [2.75, 3.05) is 26.9 Å². The maximum Gasteiger partial charge on any atom is 0.191 e. The molecule has 2 rings (SSSR count). The van der Waals surface area contributed by atoms with E-state index in [0.717, 1.165) is 24.6 Å². The fraction of sp³-hybridized carbons (Fsp3) is 0.421. The predicted octanol–water partition coefficient (Wildman–Crippen LogP) is 3.31. The number of ether oxygens (including phenoxy) is 2. The molecule has 0 saturated heterocycles. The Bertz CT molecular complexity index is 722. The molecule has 3 N–H and O–H groups in total. The summed E-state index contributed by atoms with van der Waals surface area (Å²) in [5, 5.41) is 15.5. The van der Waals surface area contributed by atoms with Crippen molar-refractivity contribution < 1.29 is 14.6 Å². The topological polar surface area (TPSA) is 75.1 Å². The van der Waals surface area contributed by atoms with Crippen LogP contribution in [0.1, 0.15) is 22.2 Å². The lowest BCUT2D eigenvalue weighted by atomic mass is 10.2. The van der Waals surface area contributed by atoms with Crippen LogP contribution in [0, 0.1) is 6.92 Å². The van der Waals surface area contributed by atoms with Gasteiger partial charge in [0.1, 0.15) is 6.61 Å². The number of nitrogens with zero attached hydrogens (tertiary/aromatic N) is 1. The summed E-state index contributed by atoms with van der Waals surface area (Å²) in [6.45, 7) is 6.43. The van der Waals surface area contributed by atoms with Crippen LogP contribution in [0.5, 0.6) is 11.5 Å². The summed E-state index contributed by atoms with van der Waals surface area (Å²) in [6, 6.07) is 9.95. The summed E-state index contributed by atoms with van der Waals surface area (Å²) >= 11 is 1.78. The molecule has 0 fully saturated rings. The quantitative estimate of drug-likeness (QED) is 0.277. The van der Waals surface area contributed by atoms with E-state index in [4.69, 9.17) is 14.6 Å². The van der Waals surface area contributed by atoms with Crippen LogP contribution in [0.15, 0.2) is 35.3 Å². The fourth-order valence-corrected chi connectivity index (χ4v) is 3.18. The first-order valence-corrected chi connectivity index (χ1v) is 9.46. The van der Waals surface area contributed by atoms with Gasteiger partial charge in [0.05, 0.1) is 26.8 Å². The molecule has 0 radical (unpaired) electrons. The number of aliphatic imine (C=N–C) groups is 1. The second-order valence-corrected chi connectivity index (χ2v) is 6.99. The molecule has 0 saturated carbocycles. The molecule has 0 bridgehead atoms. The highest BCUT2D eigenvalue weighted by atomic mass is 127. The normalized spacial score (nSPS) is 10.9. The lowest BCUT2D eigenvalue weighted by Gasteiger charge is -2.12. The number of halogens is 1. The van der Waals surface area contributed by atoms with Crippen LogP contribution in [0.4, 0.5) is 0 Å². The SMILES string of the molecule is CCNC(=NCc1ccc(OCCO)c(OC)c1)NCc1ccc(C)s1.I. The number of aliphatic hydroxyl groups excluding tert-OH is 1. The first-order valence-electron chi connectivity index (χ1n) is 8.64. The smallest absolute Gasteiger partial charge is 0.191 e. The second kappa shape index (κ2) is 12.8. The van der Waals surface area contributed by atoms with E-state index in [0.29, 0.717) is 18.0 Å². The Morgan fingerprint density at radius 3 is 2.63 bits per heavy atom. The van der Waals surface area contributed by atoms with Crippen LogP contribution < -0.4 is 20.1 Å². The first-order chi connectivity index (χ1) is 12.7. The van der Waals surface area contributed by atoms with E-state index in [1.54, 1.807) is 18.4 Å². The zero-order chi connectivity index (χ0) is 18.8. The van der Waals surface area contributed by atoms with E-state index in [1.807, 2.05) is 25.1 Å². The Labute approximate surface area is 182 Å². The third-order valence-electron chi connectivity index (χ3n) is 3.57. The van der Waals surface area contributed by atoms with E-state index in [-0.39, 0.29) is 37.2 Å². The number of benzene rings is 1. The van der Waals surface area contributed by atoms with Crippen LogP contribution in [-0.2, 0) is 13.1 Å². The van der Waals surface area contributed by atoms with Crippen molar-refractivity contribution in [2.24, 2.45) is 4.99 Å². The molecule has 27 heavy (non-hydrogen) atoms. The lowest BCUT2D eigenvalue weighted by Crippen LogP contribution is -2.36. The van der Waals surface area contributed by atoms with Crippen molar-refractivity contribution in [2.45, 2.75) is 26.9 Å². The van der Waals surface area contributed by atoms with Gasteiger partial charge in [-0.1, -0.05) is 6.07 Å². The molecule has 1 heterocycles. The molecule has 0 aliphatic heterocycles. The van der Waals surface area contributed by atoms with E-state index < -0.39 is 0 Å². The summed E-state index contributed by atoms with van der Waals surface area (Å²) in [5.41, 5.74) is 1.02. The van der Waals surface area contributed by atoms with Gasteiger partial charge in [0.2, 0.25) is 0 Å². The Morgan fingerprint density at radius 1 is 1.19 bits per heavy atom. The van der Waals surface area contributed by atoms with Gasteiger partial charge in [0.15, 0.2) is 17.5 Å². The number of methoxy groups -OCH3 is 1. The summed E-state index contributed by atoms with van der Waals surface area (Å²) in [4.78, 5) is 7.22. The molecule has 8 heteroatoms. The minimum absolute atomic E-state index is 0. The number of thiophene rings is 1. The number of guanidine groups is 1. The number of hydrogen-bond donors (Lipinski definition) is 3. The van der Waals surface area contributed by atoms with Crippen molar-refractivity contribution >= 4 is 41.3 Å². The van der Waals surface area contributed by atoms with Gasteiger partial charge in [-0.3, -0.25) is 0 Å². The number of rotatable bonds is 9. The molecule has 6 nitrogen and oxygen atoms in total. The Morgan fingerprint density at radius 2 is 2.00 bits per heavy atom. The molecule has 0 unspecified atom stereocenters. The molecule has 0 atom stereocenters. The van der Waals surface area contributed by atoms with Gasteiger partial charge < -0.3 is 25.2 Å². The Hall–Kier alpha value is -1.52. The molecule has 1 aromatic carbocycles. The zero-order valence-corrected chi connectivity index (χ0v) is 19.1. The van der Waals surface area contributed by atoms with Crippen LogP contribution in [-0.4, -0.2) is 37.9 Å². The average molecular weight is 505 g/mol. The fourth-order valence-electron chi connectivity index (χ4n) is 2.35. The minimum Gasteiger partial charge on any atom is -0.493 e. The summed E-state index contributed by atoms with van der Waals surface area (Å²) in [7, 11) is 1.60. The predicted molar refractivity (Wildman–Crippen MR) is 122 cm³/mol. The summed E-state index contributed by atoms with van der Waals surface area (Å²) in [6.07, 6.45) is 0. The maximum atomic E-state index is 8.88. The highest BCUT2D eigenvalue weighted by molar-refractivity contribution is 14.0. The van der Waals surface area contributed by atoms with Gasteiger partial charge in [0.25, 0.3) is 0 Å². The molecule has 0 aliphatic carbocycles. The number of aliphatic hydroxyl groups is 1. The number of aryl methyl sites for hydroxylation is 1. The molecule has 0 spiro atoms. The average Bonchev–Trinajstić information content (AvgIpc) is 3.07. The van der Waals surface area contributed by atoms with Crippen molar-refractivity contribution in [1.82, 2.24) is 10.6 Å². The summed E-state index contributed by atoms with van der Waals surface area (Å²) in [5.74, 6) is 2.03. The van der Waals surface area contributed by atoms with Crippen LogP contribution >= 0.6 is 35.3 Å². The van der Waals surface area contributed by atoms with Crippen LogP contribution in [0.3, 0.4) is 0 Å². The largest absolute Gasteiger partial charge is 0.493 e. The van der Waals surface area contributed by atoms with Crippen LogP contribution in [0.2, 0.25) is 0 Å².